The Kier molecular flexibility index (Phi) is 2.73. The number of nitrogen functional groups attached to an aromatic ring is 1. The molecule has 3 N–H and O–H groups in total. The van der Waals surface area contributed by atoms with E-state index in [0.717, 1.165) is 12.2 Å². The number of nitrogens with two attached hydrogens (primary N) is 1. The quantitative estimate of drug-likeness (QED) is 0.667. The molecule has 0 radical (unpaired) electrons. The zero-order valence-corrected chi connectivity index (χ0v) is 8.72. The van der Waals surface area contributed by atoms with E-state index in [-0.39, 0.29) is 0 Å². The van der Waals surface area contributed by atoms with Gasteiger partial charge in [-0.2, -0.15) is 0 Å². The minimum Gasteiger partial charge on any atom is -0.398 e. The molecule has 2 rings (SSSR count). The van der Waals surface area contributed by atoms with E-state index >= 15 is 0 Å². The molecule has 1 heterocycles. The average Bonchev–Trinajstić information content (AvgIpc) is 2.19. The van der Waals surface area contributed by atoms with Crippen molar-refractivity contribution in [1.82, 2.24) is 5.32 Å². The van der Waals surface area contributed by atoms with Crippen LogP contribution in [0.1, 0.15) is 36.4 Å². The smallest absolute Gasteiger partial charge is 0.0365 e. The molecular formula is C12H18N2. The fourth-order valence-electron chi connectivity index (χ4n) is 2.13. The van der Waals surface area contributed by atoms with Crippen molar-refractivity contribution in [3.8, 4) is 0 Å². The van der Waals surface area contributed by atoms with E-state index < -0.39 is 0 Å². The predicted octanol–water partition coefficient (Wildman–Crippen LogP) is 2.39. The van der Waals surface area contributed by atoms with E-state index in [1.165, 1.54) is 30.4 Å². The maximum absolute atomic E-state index is 6.01. The third kappa shape index (κ3) is 1.90. The van der Waals surface area contributed by atoms with Crippen LogP contribution >= 0.6 is 0 Å². The van der Waals surface area contributed by atoms with Gasteiger partial charge in [0.1, 0.15) is 0 Å². The van der Waals surface area contributed by atoms with E-state index in [1.807, 2.05) is 0 Å². The molecule has 2 nitrogen and oxygen atoms in total. The first kappa shape index (κ1) is 9.53. The van der Waals surface area contributed by atoms with Crippen LogP contribution in [0.25, 0.3) is 0 Å². The summed E-state index contributed by atoms with van der Waals surface area (Å²) in [6, 6.07) is 6.84. The highest BCUT2D eigenvalue weighted by Gasteiger charge is 2.16. The van der Waals surface area contributed by atoms with Crippen molar-refractivity contribution in [1.29, 1.82) is 0 Å². The van der Waals surface area contributed by atoms with Crippen LogP contribution in [0.15, 0.2) is 18.2 Å². The number of hydrogen-bond acceptors (Lipinski definition) is 2. The lowest BCUT2D eigenvalue weighted by Crippen LogP contribution is -2.27. The van der Waals surface area contributed by atoms with Crippen molar-refractivity contribution in [3.63, 3.8) is 0 Å². The van der Waals surface area contributed by atoms with Gasteiger partial charge in [0.2, 0.25) is 0 Å². The summed E-state index contributed by atoms with van der Waals surface area (Å²) in [5.74, 6) is 0. The predicted molar refractivity (Wildman–Crippen MR) is 60.2 cm³/mol. The first-order valence-corrected chi connectivity index (χ1v) is 5.37. The Morgan fingerprint density at radius 1 is 1.36 bits per heavy atom. The van der Waals surface area contributed by atoms with Crippen LogP contribution in [0.3, 0.4) is 0 Å². The normalized spacial score (nSPS) is 22.2. The Bertz CT molecular complexity index is 314. The third-order valence-electron chi connectivity index (χ3n) is 2.93. The molecule has 2 heteroatoms. The monoisotopic (exact) mass is 190 g/mol. The van der Waals surface area contributed by atoms with Crippen molar-refractivity contribution < 1.29 is 0 Å². The average molecular weight is 190 g/mol. The number of benzene rings is 1. The maximum Gasteiger partial charge on any atom is 0.0365 e. The Balaban J connectivity index is 2.22. The minimum absolute atomic E-state index is 0.476. The third-order valence-corrected chi connectivity index (χ3v) is 2.93. The van der Waals surface area contributed by atoms with Gasteiger partial charge in [-0.3, -0.25) is 0 Å². The molecule has 0 bridgehead atoms. The summed E-state index contributed by atoms with van der Waals surface area (Å²) in [5.41, 5.74) is 9.46. The second-order valence-corrected chi connectivity index (χ2v) is 4.13. The zero-order chi connectivity index (χ0) is 9.97. The Morgan fingerprint density at radius 3 is 2.86 bits per heavy atom. The SMILES string of the molecule is Cc1ccc(C2CCCCN2)c(N)c1. The van der Waals surface area contributed by atoms with E-state index in [4.69, 9.17) is 5.73 Å². The summed E-state index contributed by atoms with van der Waals surface area (Å²) >= 11 is 0. The summed E-state index contributed by atoms with van der Waals surface area (Å²) in [7, 11) is 0. The molecule has 0 amide bonds. The number of rotatable bonds is 1. The van der Waals surface area contributed by atoms with Gasteiger partial charge < -0.3 is 11.1 Å². The Morgan fingerprint density at radius 2 is 2.21 bits per heavy atom. The molecule has 76 valence electrons. The van der Waals surface area contributed by atoms with Crippen LogP contribution in [0.4, 0.5) is 5.69 Å². The van der Waals surface area contributed by atoms with E-state index in [9.17, 15) is 0 Å². The van der Waals surface area contributed by atoms with Gasteiger partial charge >= 0.3 is 0 Å². The molecule has 14 heavy (non-hydrogen) atoms. The summed E-state index contributed by atoms with van der Waals surface area (Å²) < 4.78 is 0. The van der Waals surface area contributed by atoms with Gasteiger partial charge in [-0.05, 0) is 43.5 Å². The lowest BCUT2D eigenvalue weighted by Gasteiger charge is -2.25. The van der Waals surface area contributed by atoms with Gasteiger partial charge in [-0.15, -0.1) is 0 Å². The summed E-state index contributed by atoms with van der Waals surface area (Å²) in [5, 5.41) is 3.52. The highest BCUT2D eigenvalue weighted by molar-refractivity contribution is 5.50. The molecule has 1 unspecified atom stereocenters. The number of aryl methyl sites for hydroxylation is 1. The topological polar surface area (TPSA) is 38.0 Å². The minimum atomic E-state index is 0.476. The van der Waals surface area contributed by atoms with Gasteiger partial charge in [-0.1, -0.05) is 18.6 Å². The van der Waals surface area contributed by atoms with Gasteiger partial charge in [0.25, 0.3) is 0 Å². The summed E-state index contributed by atoms with van der Waals surface area (Å²) in [6.45, 7) is 3.20. The van der Waals surface area contributed by atoms with Crippen molar-refractivity contribution >= 4 is 5.69 Å². The molecule has 1 aromatic carbocycles. The molecule has 1 aliphatic rings. The Hall–Kier alpha value is -1.02. The van der Waals surface area contributed by atoms with Crippen LogP contribution in [0.5, 0.6) is 0 Å². The van der Waals surface area contributed by atoms with Gasteiger partial charge in [0.15, 0.2) is 0 Å². The van der Waals surface area contributed by atoms with Crippen molar-refractivity contribution in [2.75, 3.05) is 12.3 Å². The molecule has 0 spiro atoms. The highest BCUT2D eigenvalue weighted by Crippen LogP contribution is 2.27. The second-order valence-electron chi connectivity index (χ2n) is 4.13. The van der Waals surface area contributed by atoms with E-state index in [0.29, 0.717) is 6.04 Å². The second kappa shape index (κ2) is 4.01. The van der Waals surface area contributed by atoms with Crippen molar-refractivity contribution in [2.45, 2.75) is 32.2 Å². The lowest BCUT2D eigenvalue weighted by molar-refractivity contribution is 0.413. The molecule has 0 aromatic heterocycles. The first-order valence-electron chi connectivity index (χ1n) is 5.37. The van der Waals surface area contributed by atoms with Crippen LogP contribution in [0, 0.1) is 6.92 Å². The van der Waals surface area contributed by atoms with E-state index in [1.54, 1.807) is 0 Å². The summed E-state index contributed by atoms with van der Waals surface area (Å²) in [4.78, 5) is 0. The summed E-state index contributed by atoms with van der Waals surface area (Å²) in [6.07, 6.45) is 3.82. The zero-order valence-electron chi connectivity index (χ0n) is 8.72. The maximum atomic E-state index is 6.01. The van der Waals surface area contributed by atoms with Gasteiger partial charge in [0, 0.05) is 11.7 Å². The first-order chi connectivity index (χ1) is 6.77. The number of nitrogens with one attached hydrogen (secondary N) is 1. The van der Waals surface area contributed by atoms with E-state index in [2.05, 4.69) is 30.4 Å². The van der Waals surface area contributed by atoms with Crippen LogP contribution in [-0.2, 0) is 0 Å². The van der Waals surface area contributed by atoms with Crippen molar-refractivity contribution in [3.05, 3.63) is 29.3 Å². The van der Waals surface area contributed by atoms with Crippen LogP contribution < -0.4 is 11.1 Å². The fraction of sp³-hybridized carbons (Fsp3) is 0.500. The molecule has 1 aromatic rings. The lowest BCUT2D eigenvalue weighted by atomic mass is 9.95. The van der Waals surface area contributed by atoms with Crippen LogP contribution in [0.2, 0.25) is 0 Å². The largest absolute Gasteiger partial charge is 0.398 e. The number of anilines is 1. The Labute approximate surface area is 85.5 Å². The van der Waals surface area contributed by atoms with Crippen molar-refractivity contribution in [2.24, 2.45) is 0 Å². The van der Waals surface area contributed by atoms with Gasteiger partial charge in [0.05, 0.1) is 0 Å². The fourth-order valence-corrected chi connectivity index (χ4v) is 2.13. The molecule has 1 fully saturated rings. The van der Waals surface area contributed by atoms with Crippen LogP contribution in [-0.4, -0.2) is 6.54 Å². The molecular weight excluding hydrogens is 172 g/mol. The standard InChI is InChI=1S/C12H18N2/c1-9-5-6-10(11(13)8-9)12-4-2-3-7-14-12/h5-6,8,12,14H,2-4,7,13H2,1H3. The molecule has 1 aliphatic heterocycles. The molecule has 0 saturated carbocycles. The van der Waals surface area contributed by atoms with Gasteiger partial charge in [-0.25, -0.2) is 0 Å². The number of piperidine rings is 1. The number of hydrogen-bond donors (Lipinski definition) is 2. The molecule has 1 saturated heterocycles. The molecule has 1 atom stereocenters. The highest BCUT2D eigenvalue weighted by atomic mass is 14.9. The molecule has 0 aliphatic carbocycles.